The van der Waals surface area contributed by atoms with Crippen molar-refractivity contribution in [3.63, 3.8) is 0 Å². The van der Waals surface area contributed by atoms with E-state index in [1.165, 1.54) is 6.07 Å². The van der Waals surface area contributed by atoms with Crippen LogP contribution in [0.3, 0.4) is 0 Å². The van der Waals surface area contributed by atoms with Gasteiger partial charge in [-0.05, 0) is 45.7 Å². The first kappa shape index (κ1) is 16.2. The minimum atomic E-state index is -0.616. The van der Waals surface area contributed by atoms with Gasteiger partial charge in [0.25, 0.3) is 0 Å². The van der Waals surface area contributed by atoms with Crippen LogP contribution in [-0.4, -0.2) is 41.7 Å². The molecule has 4 aliphatic rings. The van der Waals surface area contributed by atoms with Crippen molar-refractivity contribution < 1.29 is 8.78 Å². The highest BCUT2D eigenvalue weighted by Gasteiger charge is 2.40. The van der Waals surface area contributed by atoms with Crippen LogP contribution in [0.15, 0.2) is 17.1 Å². The van der Waals surface area contributed by atoms with E-state index in [-0.39, 0.29) is 34.1 Å². The Labute approximate surface area is 151 Å². The van der Waals surface area contributed by atoms with E-state index in [4.69, 9.17) is 0 Å². The van der Waals surface area contributed by atoms with Crippen molar-refractivity contribution in [3.05, 3.63) is 39.7 Å². The molecule has 1 aromatic carbocycles. The average Bonchev–Trinajstić information content (AvgIpc) is 3.44. The van der Waals surface area contributed by atoms with Crippen LogP contribution in [0, 0.1) is 18.6 Å². The first-order valence-electron chi connectivity index (χ1n) is 9.46. The smallest absolute Gasteiger partial charge is 0.192 e. The van der Waals surface area contributed by atoms with Crippen molar-refractivity contribution >= 4 is 16.6 Å². The molecule has 2 aromatic rings. The molecule has 2 unspecified atom stereocenters. The molecule has 1 aliphatic carbocycles. The van der Waals surface area contributed by atoms with Gasteiger partial charge in [0.1, 0.15) is 11.5 Å². The lowest BCUT2D eigenvalue weighted by molar-refractivity contribution is 0.124. The Bertz CT molecular complexity index is 966. The third kappa shape index (κ3) is 2.24. The Balaban J connectivity index is 1.73. The molecule has 2 bridgehead atoms. The second kappa shape index (κ2) is 5.52. The van der Waals surface area contributed by atoms with Gasteiger partial charge in [-0.2, -0.15) is 0 Å². The van der Waals surface area contributed by atoms with E-state index in [2.05, 4.69) is 11.9 Å². The largest absolute Gasteiger partial charge is 0.361 e. The first-order valence-corrected chi connectivity index (χ1v) is 9.46. The molecule has 3 saturated heterocycles. The summed E-state index contributed by atoms with van der Waals surface area (Å²) >= 11 is 0. The van der Waals surface area contributed by atoms with Gasteiger partial charge in [0.05, 0.1) is 10.9 Å². The second-order valence-electron chi connectivity index (χ2n) is 8.17. The van der Waals surface area contributed by atoms with Gasteiger partial charge in [0, 0.05) is 43.0 Å². The third-order valence-electron chi connectivity index (χ3n) is 6.39. The summed E-state index contributed by atoms with van der Waals surface area (Å²) in [4.78, 5) is 16.7. The van der Waals surface area contributed by atoms with Crippen LogP contribution in [0.2, 0.25) is 0 Å². The number of halogens is 2. The number of benzene rings is 1. The zero-order valence-electron chi connectivity index (χ0n) is 15.1. The highest BCUT2D eigenvalue weighted by atomic mass is 19.1. The molecule has 4 nitrogen and oxygen atoms in total. The molecular weight excluding hydrogens is 336 g/mol. The molecule has 6 heteroatoms. The summed E-state index contributed by atoms with van der Waals surface area (Å²) in [6.07, 6.45) is 5.71. The Morgan fingerprint density at radius 2 is 1.73 bits per heavy atom. The van der Waals surface area contributed by atoms with E-state index < -0.39 is 11.6 Å². The fourth-order valence-electron chi connectivity index (χ4n) is 4.79. The normalized spacial score (nSPS) is 26.1. The predicted octanol–water partition coefficient (Wildman–Crippen LogP) is 3.21. The summed E-state index contributed by atoms with van der Waals surface area (Å²) in [6, 6.07) is 1.93. The van der Waals surface area contributed by atoms with Crippen molar-refractivity contribution in [1.82, 2.24) is 9.47 Å². The van der Waals surface area contributed by atoms with Crippen molar-refractivity contribution in [2.24, 2.45) is 0 Å². The number of nitrogens with zero attached hydrogens (tertiary/aromatic N) is 3. The van der Waals surface area contributed by atoms with E-state index in [0.717, 1.165) is 32.2 Å². The van der Waals surface area contributed by atoms with E-state index in [1.54, 1.807) is 13.1 Å². The first-order chi connectivity index (χ1) is 12.5. The quantitative estimate of drug-likeness (QED) is 0.824. The van der Waals surface area contributed by atoms with Crippen LogP contribution < -0.4 is 10.3 Å². The monoisotopic (exact) mass is 359 g/mol. The number of hydrogen-bond donors (Lipinski definition) is 0. The molecule has 4 heterocycles. The zero-order chi connectivity index (χ0) is 18.2. The number of likely N-dealkylation sites (N-methyl/N-ethyl adjacent to an activating group) is 1. The maximum absolute atomic E-state index is 15.6. The maximum Gasteiger partial charge on any atom is 0.192 e. The number of pyridine rings is 1. The highest BCUT2D eigenvalue weighted by Crippen LogP contribution is 2.41. The van der Waals surface area contributed by atoms with Crippen LogP contribution in [0.5, 0.6) is 0 Å². The summed E-state index contributed by atoms with van der Waals surface area (Å²) < 4.78 is 32.5. The van der Waals surface area contributed by atoms with Crippen LogP contribution >= 0.6 is 0 Å². The SMILES string of the molecule is Cc1cn(C2CC2)c2c(F)c(N3CC4CCC3CN4C)c(F)cc2c1=O. The maximum atomic E-state index is 15.6. The lowest BCUT2D eigenvalue weighted by Crippen LogP contribution is -2.61. The van der Waals surface area contributed by atoms with Crippen LogP contribution in [0.4, 0.5) is 14.5 Å². The fourth-order valence-corrected chi connectivity index (χ4v) is 4.79. The topological polar surface area (TPSA) is 28.5 Å². The van der Waals surface area contributed by atoms with E-state index in [9.17, 15) is 4.79 Å². The van der Waals surface area contributed by atoms with Gasteiger partial charge in [0.2, 0.25) is 0 Å². The Morgan fingerprint density at radius 1 is 1.04 bits per heavy atom. The number of aromatic nitrogens is 1. The van der Waals surface area contributed by atoms with Crippen molar-refractivity contribution in [2.45, 2.75) is 50.7 Å². The molecule has 3 aliphatic heterocycles. The van der Waals surface area contributed by atoms with Crippen LogP contribution in [0.1, 0.15) is 37.3 Å². The molecule has 1 saturated carbocycles. The summed E-state index contributed by atoms with van der Waals surface area (Å²) in [5.74, 6) is -1.19. The van der Waals surface area contributed by atoms with E-state index in [1.807, 2.05) is 9.47 Å². The predicted molar refractivity (Wildman–Crippen MR) is 97.9 cm³/mol. The van der Waals surface area contributed by atoms with E-state index in [0.29, 0.717) is 18.2 Å². The number of anilines is 1. The summed E-state index contributed by atoms with van der Waals surface area (Å²) in [5.41, 5.74) is 0.586. The third-order valence-corrected chi connectivity index (χ3v) is 6.39. The van der Waals surface area contributed by atoms with Gasteiger partial charge >= 0.3 is 0 Å². The number of fused-ring (bicyclic) bond motifs is 4. The second-order valence-corrected chi connectivity index (χ2v) is 8.17. The number of piperazine rings is 1. The number of piperidine rings is 2. The van der Waals surface area contributed by atoms with Gasteiger partial charge in [-0.3, -0.25) is 9.69 Å². The molecule has 6 rings (SSSR count). The van der Waals surface area contributed by atoms with Crippen LogP contribution in [0.25, 0.3) is 10.9 Å². The molecular formula is C20H23F2N3O. The summed E-state index contributed by atoms with van der Waals surface area (Å²) in [5, 5.41) is 0.162. The Kier molecular flexibility index (Phi) is 3.45. The lowest BCUT2D eigenvalue weighted by Gasteiger charge is -2.51. The van der Waals surface area contributed by atoms with Crippen molar-refractivity contribution in [3.8, 4) is 0 Å². The van der Waals surface area contributed by atoms with Crippen molar-refractivity contribution in [1.29, 1.82) is 0 Å². The molecule has 0 spiro atoms. The molecule has 0 amide bonds. The van der Waals surface area contributed by atoms with E-state index >= 15 is 8.78 Å². The summed E-state index contributed by atoms with van der Waals surface area (Å²) in [6.45, 7) is 3.18. The highest BCUT2D eigenvalue weighted by molar-refractivity contribution is 5.85. The molecule has 0 N–H and O–H groups in total. The van der Waals surface area contributed by atoms with Crippen molar-refractivity contribution in [2.75, 3.05) is 25.0 Å². The Hall–Kier alpha value is -1.95. The molecule has 2 atom stereocenters. The Morgan fingerprint density at radius 3 is 2.35 bits per heavy atom. The minimum Gasteiger partial charge on any atom is -0.361 e. The number of hydrogen-bond acceptors (Lipinski definition) is 3. The molecule has 138 valence electrons. The van der Waals surface area contributed by atoms with Gasteiger partial charge in [0.15, 0.2) is 11.2 Å². The van der Waals surface area contributed by atoms with Crippen LogP contribution in [-0.2, 0) is 0 Å². The number of rotatable bonds is 2. The zero-order valence-corrected chi connectivity index (χ0v) is 15.1. The van der Waals surface area contributed by atoms with Gasteiger partial charge in [-0.15, -0.1) is 0 Å². The van der Waals surface area contributed by atoms with Gasteiger partial charge in [-0.1, -0.05) is 0 Å². The van der Waals surface area contributed by atoms with Gasteiger partial charge < -0.3 is 9.47 Å². The average molecular weight is 359 g/mol. The summed E-state index contributed by atoms with van der Waals surface area (Å²) in [7, 11) is 2.08. The fraction of sp³-hybridized carbons (Fsp3) is 0.550. The number of aryl methyl sites for hydroxylation is 1. The lowest BCUT2D eigenvalue weighted by atomic mass is 9.90. The van der Waals surface area contributed by atoms with Gasteiger partial charge in [-0.25, -0.2) is 8.78 Å². The molecule has 0 radical (unpaired) electrons. The molecule has 1 aromatic heterocycles. The minimum absolute atomic E-state index is 0.0537. The standard InChI is InChI=1S/C20H23F2N3O/c1-11-8-24(12-3-4-12)18-15(20(11)26)7-16(21)19(17(18)22)25-10-13-5-6-14(25)9-23(13)2/h7-8,12-14H,3-6,9-10H2,1-2H3. The molecule has 26 heavy (non-hydrogen) atoms. The molecule has 4 fully saturated rings.